The van der Waals surface area contributed by atoms with Crippen molar-refractivity contribution in [2.75, 3.05) is 6.54 Å². The molecule has 0 fully saturated rings. The maximum atomic E-state index is 10.2. The third kappa shape index (κ3) is 5.54. The Labute approximate surface area is 119 Å². The number of aromatic nitrogens is 1. The van der Waals surface area contributed by atoms with Crippen LogP contribution in [0.25, 0.3) is 0 Å². The Kier molecular flexibility index (Phi) is 5.91. The van der Waals surface area contributed by atoms with Crippen molar-refractivity contribution in [3.8, 4) is 0 Å². The zero-order chi connectivity index (χ0) is 15.2. The fourth-order valence-corrected chi connectivity index (χ4v) is 2.20. The van der Waals surface area contributed by atoms with E-state index in [1.54, 1.807) is 12.3 Å². The fraction of sp³-hybridized carbons (Fsp3) is 0.571. The Morgan fingerprint density at radius 2 is 2.25 bits per heavy atom. The standard InChI is InChI=1S/C14H24N4O2/c1-10(2)7-14(3,19)9-16-8-11-4-5-17-12(6-11)13(15)18-20/h4-6,10,16,19-20H,7-9H2,1-3H3,(H2,15,18). The number of pyridine rings is 1. The van der Waals surface area contributed by atoms with Crippen LogP contribution in [-0.4, -0.2) is 33.3 Å². The number of aliphatic hydroxyl groups is 1. The molecule has 0 saturated heterocycles. The van der Waals surface area contributed by atoms with E-state index >= 15 is 0 Å². The Hall–Kier alpha value is -1.66. The maximum absolute atomic E-state index is 10.2. The summed E-state index contributed by atoms with van der Waals surface area (Å²) in [5, 5.41) is 25.0. The highest BCUT2D eigenvalue weighted by Crippen LogP contribution is 2.15. The van der Waals surface area contributed by atoms with Gasteiger partial charge in [0.25, 0.3) is 0 Å². The predicted octanol–water partition coefficient (Wildman–Crippen LogP) is 1.06. The summed E-state index contributed by atoms with van der Waals surface area (Å²) in [4.78, 5) is 4.01. The predicted molar refractivity (Wildman–Crippen MR) is 78.5 cm³/mol. The quantitative estimate of drug-likeness (QED) is 0.259. The first-order valence-corrected chi connectivity index (χ1v) is 6.70. The first kappa shape index (κ1) is 16.4. The Balaban J connectivity index is 2.54. The Morgan fingerprint density at radius 1 is 1.55 bits per heavy atom. The molecule has 0 aliphatic rings. The highest BCUT2D eigenvalue weighted by Gasteiger charge is 2.21. The van der Waals surface area contributed by atoms with Gasteiger partial charge < -0.3 is 21.4 Å². The van der Waals surface area contributed by atoms with E-state index in [0.29, 0.717) is 24.7 Å². The van der Waals surface area contributed by atoms with E-state index < -0.39 is 5.60 Å². The van der Waals surface area contributed by atoms with E-state index in [9.17, 15) is 5.11 Å². The lowest BCUT2D eigenvalue weighted by Gasteiger charge is -2.25. The van der Waals surface area contributed by atoms with Crippen molar-refractivity contribution < 1.29 is 10.3 Å². The van der Waals surface area contributed by atoms with Crippen molar-refractivity contribution in [3.05, 3.63) is 29.6 Å². The van der Waals surface area contributed by atoms with Gasteiger partial charge in [-0.3, -0.25) is 4.98 Å². The van der Waals surface area contributed by atoms with Crippen molar-refractivity contribution in [3.63, 3.8) is 0 Å². The van der Waals surface area contributed by atoms with Crippen LogP contribution in [0.15, 0.2) is 23.5 Å². The van der Waals surface area contributed by atoms with Gasteiger partial charge in [-0.1, -0.05) is 19.0 Å². The maximum Gasteiger partial charge on any atom is 0.188 e. The van der Waals surface area contributed by atoms with Crippen molar-refractivity contribution in [1.29, 1.82) is 0 Å². The third-order valence-electron chi connectivity index (χ3n) is 2.88. The number of nitrogens with one attached hydrogen (secondary N) is 1. The second kappa shape index (κ2) is 7.21. The van der Waals surface area contributed by atoms with Gasteiger partial charge in [0.1, 0.15) is 5.69 Å². The molecule has 1 aromatic heterocycles. The summed E-state index contributed by atoms with van der Waals surface area (Å²) in [5.41, 5.74) is 6.16. The minimum atomic E-state index is -0.727. The first-order chi connectivity index (χ1) is 9.34. The summed E-state index contributed by atoms with van der Waals surface area (Å²) in [6, 6.07) is 3.59. The smallest absolute Gasteiger partial charge is 0.188 e. The molecule has 0 saturated carbocycles. The lowest BCUT2D eigenvalue weighted by Crippen LogP contribution is -2.38. The second-order valence-corrected chi connectivity index (χ2v) is 5.73. The van der Waals surface area contributed by atoms with Crippen molar-refractivity contribution >= 4 is 5.84 Å². The van der Waals surface area contributed by atoms with E-state index in [1.165, 1.54) is 0 Å². The molecule has 6 heteroatoms. The molecular formula is C14H24N4O2. The molecule has 0 aliphatic heterocycles. The van der Waals surface area contributed by atoms with Gasteiger partial charge in [0.2, 0.25) is 0 Å². The lowest BCUT2D eigenvalue weighted by atomic mass is 9.94. The number of hydrogen-bond acceptors (Lipinski definition) is 5. The largest absolute Gasteiger partial charge is 0.409 e. The summed E-state index contributed by atoms with van der Waals surface area (Å²) < 4.78 is 0. The van der Waals surface area contributed by atoms with E-state index in [4.69, 9.17) is 10.9 Å². The van der Waals surface area contributed by atoms with Gasteiger partial charge in [-0.25, -0.2) is 0 Å². The van der Waals surface area contributed by atoms with Gasteiger partial charge in [-0.15, -0.1) is 0 Å². The molecule has 0 bridgehead atoms. The monoisotopic (exact) mass is 280 g/mol. The first-order valence-electron chi connectivity index (χ1n) is 6.70. The zero-order valence-electron chi connectivity index (χ0n) is 12.3. The van der Waals surface area contributed by atoms with Crippen molar-refractivity contribution in [2.45, 2.75) is 39.3 Å². The highest BCUT2D eigenvalue weighted by molar-refractivity contribution is 5.95. The van der Waals surface area contributed by atoms with E-state index in [2.05, 4.69) is 29.3 Å². The van der Waals surface area contributed by atoms with Crippen LogP contribution in [-0.2, 0) is 6.54 Å². The van der Waals surface area contributed by atoms with E-state index in [-0.39, 0.29) is 5.84 Å². The van der Waals surface area contributed by atoms with E-state index in [1.807, 2.05) is 13.0 Å². The van der Waals surface area contributed by atoms with Crippen LogP contribution in [0.3, 0.4) is 0 Å². The van der Waals surface area contributed by atoms with Gasteiger partial charge in [0.15, 0.2) is 5.84 Å². The van der Waals surface area contributed by atoms with Gasteiger partial charge in [-0.05, 0) is 37.0 Å². The summed E-state index contributed by atoms with van der Waals surface area (Å²) in [7, 11) is 0. The van der Waals surface area contributed by atoms with Crippen LogP contribution < -0.4 is 11.1 Å². The third-order valence-corrected chi connectivity index (χ3v) is 2.88. The molecule has 1 heterocycles. The van der Waals surface area contributed by atoms with Crippen LogP contribution in [0.5, 0.6) is 0 Å². The average molecular weight is 280 g/mol. The number of rotatable bonds is 7. The summed E-state index contributed by atoms with van der Waals surface area (Å²) >= 11 is 0. The molecule has 1 rings (SSSR count). The summed E-state index contributed by atoms with van der Waals surface area (Å²) in [6.45, 7) is 7.09. The van der Waals surface area contributed by atoms with Gasteiger partial charge in [-0.2, -0.15) is 0 Å². The van der Waals surface area contributed by atoms with E-state index in [0.717, 1.165) is 12.0 Å². The number of nitrogens with zero attached hydrogens (tertiary/aromatic N) is 2. The lowest BCUT2D eigenvalue weighted by molar-refractivity contribution is 0.0383. The molecule has 6 nitrogen and oxygen atoms in total. The molecule has 5 N–H and O–H groups in total. The Bertz CT molecular complexity index is 458. The second-order valence-electron chi connectivity index (χ2n) is 5.73. The van der Waals surface area contributed by atoms with Crippen LogP contribution in [0.4, 0.5) is 0 Å². The highest BCUT2D eigenvalue weighted by atomic mass is 16.4. The number of nitrogens with two attached hydrogens (primary N) is 1. The van der Waals surface area contributed by atoms with Gasteiger partial charge in [0, 0.05) is 19.3 Å². The molecule has 0 aromatic carbocycles. The molecule has 112 valence electrons. The van der Waals surface area contributed by atoms with Crippen molar-refractivity contribution in [1.82, 2.24) is 10.3 Å². The summed E-state index contributed by atoms with van der Waals surface area (Å²) in [6.07, 6.45) is 2.35. The molecular weight excluding hydrogens is 256 g/mol. The molecule has 1 atom stereocenters. The molecule has 0 amide bonds. The Morgan fingerprint density at radius 3 is 2.85 bits per heavy atom. The minimum absolute atomic E-state index is 0.0151. The zero-order valence-corrected chi connectivity index (χ0v) is 12.3. The number of amidine groups is 1. The van der Waals surface area contributed by atoms with Crippen LogP contribution in [0.2, 0.25) is 0 Å². The molecule has 1 aromatic rings. The SMILES string of the molecule is CC(C)CC(C)(O)CNCc1ccnc(C(N)=NO)c1. The molecule has 20 heavy (non-hydrogen) atoms. The van der Waals surface area contributed by atoms with Crippen LogP contribution in [0, 0.1) is 5.92 Å². The average Bonchev–Trinajstić information content (AvgIpc) is 2.36. The molecule has 0 aliphatic carbocycles. The number of oxime groups is 1. The molecule has 1 unspecified atom stereocenters. The van der Waals surface area contributed by atoms with Gasteiger partial charge >= 0.3 is 0 Å². The van der Waals surface area contributed by atoms with Crippen LogP contribution in [0.1, 0.15) is 38.4 Å². The summed E-state index contributed by atoms with van der Waals surface area (Å²) in [5.74, 6) is 0.429. The van der Waals surface area contributed by atoms with Crippen molar-refractivity contribution in [2.24, 2.45) is 16.8 Å². The molecule has 0 radical (unpaired) electrons. The fourth-order valence-electron chi connectivity index (χ4n) is 2.20. The normalized spacial score (nSPS) is 15.3. The minimum Gasteiger partial charge on any atom is -0.409 e. The number of hydrogen-bond donors (Lipinski definition) is 4. The van der Waals surface area contributed by atoms with Gasteiger partial charge in [0.05, 0.1) is 5.60 Å². The molecule has 0 spiro atoms. The van der Waals surface area contributed by atoms with Crippen LogP contribution >= 0.6 is 0 Å². The topological polar surface area (TPSA) is 104 Å².